The van der Waals surface area contributed by atoms with Crippen LogP contribution in [0.1, 0.15) is 41.7 Å². The zero-order valence-electron chi connectivity index (χ0n) is 23.3. The number of anilines is 2. The van der Waals surface area contributed by atoms with E-state index in [1.165, 1.54) is 12.8 Å². The van der Waals surface area contributed by atoms with E-state index in [1.807, 2.05) is 36.4 Å². The zero-order valence-corrected chi connectivity index (χ0v) is 23.3. The Morgan fingerprint density at radius 1 is 0.976 bits per heavy atom. The second-order valence-corrected chi connectivity index (χ2v) is 11.6. The smallest absolute Gasteiger partial charge is 0.274 e. The molecule has 1 aromatic carbocycles. The van der Waals surface area contributed by atoms with Crippen LogP contribution in [0.3, 0.4) is 0 Å². The molecule has 1 amide bonds. The van der Waals surface area contributed by atoms with Crippen molar-refractivity contribution in [2.75, 3.05) is 49.5 Å². The molecular formula is C31H37N9O. The Morgan fingerprint density at radius 3 is 2.59 bits per heavy atom. The van der Waals surface area contributed by atoms with E-state index in [-0.39, 0.29) is 11.9 Å². The largest absolute Gasteiger partial charge is 0.353 e. The van der Waals surface area contributed by atoms with Gasteiger partial charge in [0.05, 0.1) is 5.39 Å². The molecule has 7 rings (SSSR count). The van der Waals surface area contributed by atoms with Crippen LogP contribution in [0.15, 0.2) is 55.0 Å². The Hall–Kier alpha value is -3.86. The fourth-order valence-electron chi connectivity index (χ4n) is 6.19. The number of H-pyrrole nitrogens is 1. The fourth-order valence-corrected chi connectivity index (χ4v) is 6.19. The lowest BCUT2D eigenvalue weighted by atomic mass is 10.1. The molecule has 2 aliphatic heterocycles. The summed E-state index contributed by atoms with van der Waals surface area (Å²) < 4.78 is 0. The normalized spacial score (nSPS) is 20.4. The summed E-state index contributed by atoms with van der Waals surface area (Å²) in [4.78, 5) is 37.3. The lowest BCUT2D eigenvalue weighted by Gasteiger charge is -2.35. The van der Waals surface area contributed by atoms with Crippen molar-refractivity contribution in [3.05, 3.63) is 66.2 Å². The highest BCUT2D eigenvalue weighted by Crippen LogP contribution is 2.32. The number of hydrogen-bond donors (Lipinski definition) is 3. The van der Waals surface area contributed by atoms with E-state index in [0.717, 1.165) is 104 Å². The van der Waals surface area contributed by atoms with E-state index >= 15 is 0 Å². The lowest BCUT2D eigenvalue weighted by Crippen LogP contribution is -2.47. The van der Waals surface area contributed by atoms with Crippen LogP contribution in [-0.2, 0) is 6.54 Å². The predicted molar refractivity (Wildman–Crippen MR) is 161 cm³/mol. The molecule has 4 aromatic rings. The maximum absolute atomic E-state index is 13.0. The van der Waals surface area contributed by atoms with Gasteiger partial charge in [-0.3, -0.25) is 19.6 Å². The summed E-state index contributed by atoms with van der Waals surface area (Å²) in [5, 5.41) is 4.03. The number of fused-ring (bicyclic) bond motifs is 1. The molecule has 1 aliphatic carbocycles. The maximum Gasteiger partial charge on any atom is 0.274 e. The van der Waals surface area contributed by atoms with Gasteiger partial charge in [0.25, 0.3) is 5.91 Å². The molecular weight excluding hydrogens is 514 g/mol. The van der Waals surface area contributed by atoms with Gasteiger partial charge in [-0.2, -0.15) is 0 Å². The SMILES string of the molecule is N[C@@H]1CCCN(Cc2ccnc(C(=O)Nc3ccc(-c4cc5c(N6CCN(C7CC7)CC6)ncnc5[nH]4)cc3)c2)C1. The average molecular weight is 552 g/mol. The maximum atomic E-state index is 13.0. The minimum absolute atomic E-state index is 0.220. The number of pyridine rings is 1. The highest BCUT2D eigenvalue weighted by Gasteiger charge is 2.32. The Bertz CT molecular complexity index is 1520. The van der Waals surface area contributed by atoms with Crippen molar-refractivity contribution in [2.24, 2.45) is 5.73 Å². The van der Waals surface area contributed by atoms with Gasteiger partial charge in [-0.05, 0) is 73.7 Å². The molecule has 1 atom stereocenters. The summed E-state index contributed by atoms with van der Waals surface area (Å²) in [6.45, 7) is 6.85. The topological polar surface area (TPSA) is 119 Å². The number of aromatic nitrogens is 4. The lowest BCUT2D eigenvalue weighted by molar-refractivity contribution is 0.102. The van der Waals surface area contributed by atoms with Crippen LogP contribution in [0, 0.1) is 0 Å². The number of nitrogens with one attached hydrogen (secondary N) is 2. The molecule has 3 fully saturated rings. The van der Waals surface area contributed by atoms with E-state index < -0.39 is 0 Å². The molecule has 212 valence electrons. The summed E-state index contributed by atoms with van der Waals surface area (Å²) in [5.41, 5.74) is 11.2. The summed E-state index contributed by atoms with van der Waals surface area (Å²) in [5.74, 6) is 0.775. The summed E-state index contributed by atoms with van der Waals surface area (Å²) in [6.07, 6.45) is 8.24. The molecule has 0 unspecified atom stereocenters. The number of piperazine rings is 1. The van der Waals surface area contributed by atoms with Crippen LogP contribution in [-0.4, -0.2) is 87.0 Å². The van der Waals surface area contributed by atoms with Gasteiger partial charge in [0.2, 0.25) is 0 Å². The standard InChI is InChI=1S/C31H37N9O/c32-23-2-1-11-38(19-23)18-21-9-10-33-28(16-21)31(41)36-24-5-3-22(4-6-24)27-17-26-29(37-27)34-20-35-30(26)40-14-12-39(13-15-40)25-7-8-25/h3-6,9-10,16-17,20,23,25H,1-2,7-8,11-15,18-19,32H2,(H,36,41)(H,34,35,37)/t23-/m1/s1. The summed E-state index contributed by atoms with van der Waals surface area (Å²) in [7, 11) is 0. The third kappa shape index (κ3) is 5.81. The Kier molecular flexibility index (Phi) is 7.12. The number of benzene rings is 1. The van der Waals surface area contributed by atoms with Crippen molar-refractivity contribution in [3.8, 4) is 11.3 Å². The van der Waals surface area contributed by atoms with Crippen molar-refractivity contribution < 1.29 is 4.79 Å². The van der Waals surface area contributed by atoms with Crippen molar-refractivity contribution >= 4 is 28.4 Å². The first kappa shape index (κ1) is 26.1. The second kappa shape index (κ2) is 11.2. The van der Waals surface area contributed by atoms with Crippen LogP contribution in [0.2, 0.25) is 0 Å². The molecule has 0 radical (unpaired) electrons. The number of rotatable bonds is 7. The molecule has 10 nitrogen and oxygen atoms in total. The second-order valence-electron chi connectivity index (χ2n) is 11.6. The Labute approximate surface area is 240 Å². The van der Waals surface area contributed by atoms with Crippen LogP contribution < -0.4 is 16.0 Å². The number of hydrogen-bond acceptors (Lipinski definition) is 8. The van der Waals surface area contributed by atoms with Crippen LogP contribution in [0.5, 0.6) is 0 Å². The summed E-state index contributed by atoms with van der Waals surface area (Å²) >= 11 is 0. The zero-order chi connectivity index (χ0) is 27.8. The minimum Gasteiger partial charge on any atom is -0.353 e. The van der Waals surface area contributed by atoms with Gasteiger partial charge in [0.15, 0.2) is 0 Å². The van der Waals surface area contributed by atoms with E-state index in [0.29, 0.717) is 5.69 Å². The van der Waals surface area contributed by atoms with Crippen molar-refractivity contribution in [2.45, 2.75) is 44.3 Å². The number of carbonyl (C=O) groups excluding carboxylic acids is 1. The van der Waals surface area contributed by atoms with Crippen molar-refractivity contribution in [3.63, 3.8) is 0 Å². The number of likely N-dealkylation sites (tertiary alicyclic amines) is 1. The van der Waals surface area contributed by atoms with Crippen molar-refractivity contribution in [1.29, 1.82) is 0 Å². The molecule has 3 aromatic heterocycles. The third-order valence-corrected chi connectivity index (χ3v) is 8.54. The predicted octanol–water partition coefficient (Wildman–Crippen LogP) is 3.48. The van der Waals surface area contributed by atoms with Gasteiger partial charge in [0.1, 0.15) is 23.5 Å². The van der Waals surface area contributed by atoms with E-state index in [4.69, 9.17) is 5.73 Å². The first-order valence-electron chi connectivity index (χ1n) is 14.8. The van der Waals surface area contributed by atoms with Gasteiger partial charge >= 0.3 is 0 Å². The number of carbonyl (C=O) groups is 1. The fraction of sp³-hybridized carbons (Fsp3) is 0.419. The highest BCUT2D eigenvalue weighted by atomic mass is 16.1. The van der Waals surface area contributed by atoms with E-state index in [2.05, 4.69) is 46.0 Å². The molecule has 2 saturated heterocycles. The molecule has 1 saturated carbocycles. The molecule has 4 N–H and O–H groups in total. The number of piperidine rings is 1. The van der Waals surface area contributed by atoms with E-state index in [9.17, 15) is 4.79 Å². The number of aromatic amines is 1. The monoisotopic (exact) mass is 551 g/mol. The molecule has 41 heavy (non-hydrogen) atoms. The van der Waals surface area contributed by atoms with Crippen LogP contribution >= 0.6 is 0 Å². The van der Waals surface area contributed by atoms with Gasteiger partial charge < -0.3 is 20.9 Å². The van der Waals surface area contributed by atoms with Gasteiger partial charge in [-0.15, -0.1) is 0 Å². The summed E-state index contributed by atoms with van der Waals surface area (Å²) in [6, 6.07) is 14.9. The van der Waals surface area contributed by atoms with Crippen molar-refractivity contribution in [1.82, 2.24) is 29.7 Å². The minimum atomic E-state index is -0.220. The number of nitrogens with two attached hydrogens (primary N) is 1. The average Bonchev–Trinajstić information content (AvgIpc) is 3.75. The first-order valence-corrected chi connectivity index (χ1v) is 14.8. The number of amides is 1. The molecule has 0 spiro atoms. The van der Waals surface area contributed by atoms with Gasteiger partial charge in [-0.1, -0.05) is 12.1 Å². The van der Waals surface area contributed by atoms with Crippen LogP contribution in [0.4, 0.5) is 11.5 Å². The molecule has 0 bridgehead atoms. The molecule has 5 heterocycles. The van der Waals surface area contributed by atoms with Gasteiger partial charge in [-0.25, -0.2) is 9.97 Å². The third-order valence-electron chi connectivity index (χ3n) is 8.54. The quantitative estimate of drug-likeness (QED) is 0.320. The first-order chi connectivity index (χ1) is 20.1. The molecule has 10 heteroatoms. The Balaban J connectivity index is 1.02. The van der Waals surface area contributed by atoms with Gasteiger partial charge in [0, 0.05) is 68.9 Å². The Morgan fingerprint density at radius 2 is 1.80 bits per heavy atom. The molecule has 3 aliphatic rings. The van der Waals surface area contributed by atoms with Crippen LogP contribution in [0.25, 0.3) is 22.3 Å². The number of nitrogens with zero attached hydrogens (tertiary/aromatic N) is 6. The highest BCUT2D eigenvalue weighted by molar-refractivity contribution is 6.03. The van der Waals surface area contributed by atoms with E-state index in [1.54, 1.807) is 12.5 Å².